The molecule has 3 nitrogen and oxygen atoms in total. The molecule has 0 heterocycles. The van der Waals surface area contributed by atoms with Crippen molar-refractivity contribution in [3.05, 3.63) is 41.5 Å². The van der Waals surface area contributed by atoms with E-state index in [2.05, 4.69) is 12.1 Å². The highest BCUT2D eigenvalue weighted by atomic mass is 16.5. The Balaban J connectivity index is 1.93. The van der Waals surface area contributed by atoms with Crippen molar-refractivity contribution < 1.29 is 14.6 Å². The average molecular weight is 260 g/mol. The van der Waals surface area contributed by atoms with Crippen molar-refractivity contribution in [2.24, 2.45) is 0 Å². The van der Waals surface area contributed by atoms with Crippen LogP contribution in [0, 0.1) is 0 Å². The van der Waals surface area contributed by atoms with Gasteiger partial charge in [0.05, 0.1) is 6.10 Å². The first kappa shape index (κ1) is 13.7. The van der Waals surface area contributed by atoms with Gasteiger partial charge in [-0.1, -0.05) is 12.1 Å². The molecule has 2 rings (SSSR count). The summed E-state index contributed by atoms with van der Waals surface area (Å²) in [6.45, 7) is 1.95. The van der Waals surface area contributed by atoms with Crippen LogP contribution in [0.1, 0.15) is 37.3 Å². The Labute approximate surface area is 113 Å². The summed E-state index contributed by atoms with van der Waals surface area (Å²) in [4.78, 5) is 10.4. The lowest BCUT2D eigenvalue weighted by atomic mass is 9.92. The first-order valence-electron chi connectivity index (χ1n) is 6.83. The van der Waals surface area contributed by atoms with E-state index in [1.54, 1.807) is 6.08 Å². The van der Waals surface area contributed by atoms with Gasteiger partial charge in [-0.15, -0.1) is 0 Å². The highest BCUT2D eigenvalue weighted by molar-refractivity contribution is 5.79. The fraction of sp³-hybridized carbons (Fsp3) is 0.438. The van der Waals surface area contributed by atoms with Crippen LogP contribution in [-0.2, 0) is 17.6 Å². The van der Waals surface area contributed by atoms with E-state index in [0.717, 1.165) is 18.2 Å². The van der Waals surface area contributed by atoms with Crippen molar-refractivity contribution in [1.29, 1.82) is 0 Å². The van der Waals surface area contributed by atoms with Gasteiger partial charge in [-0.05, 0) is 55.9 Å². The Bertz CT molecular complexity index is 477. The van der Waals surface area contributed by atoms with E-state index in [1.165, 1.54) is 30.4 Å². The van der Waals surface area contributed by atoms with Gasteiger partial charge in [0.15, 0.2) is 0 Å². The molecular formula is C16H20O3. The number of rotatable bonds is 5. The van der Waals surface area contributed by atoms with Crippen LogP contribution < -0.4 is 4.74 Å². The molecule has 1 atom stereocenters. The summed E-state index contributed by atoms with van der Waals surface area (Å²) in [6, 6.07) is 6.30. The summed E-state index contributed by atoms with van der Waals surface area (Å²) in [7, 11) is 0. The number of hydrogen-bond acceptors (Lipinski definition) is 2. The van der Waals surface area contributed by atoms with Crippen LogP contribution in [0.15, 0.2) is 30.4 Å². The van der Waals surface area contributed by atoms with Crippen LogP contribution in [0.3, 0.4) is 0 Å². The first-order chi connectivity index (χ1) is 9.15. The van der Waals surface area contributed by atoms with E-state index >= 15 is 0 Å². The molecule has 3 heteroatoms. The van der Waals surface area contributed by atoms with Crippen molar-refractivity contribution in [2.75, 3.05) is 0 Å². The molecular weight excluding hydrogens is 240 g/mol. The van der Waals surface area contributed by atoms with E-state index < -0.39 is 5.97 Å². The van der Waals surface area contributed by atoms with Gasteiger partial charge in [-0.3, -0.25) is 0 Å². The molecule has 0 bridgehead atoms. The minimum atomic E-state index is -0.916. The number of carbonyl (C=O) groups is 1. The molecule has 0 saturated carbocycles. The molecule has 1 N–H and O–H groups in total. The summed E-state index contributed by atoms with van der Waals surface area (Å²) < 4.78 is 5.82. The molecule has 19 heavy (non-hydrogen) atoms. The van der Waals surface area contributed by atoms with E-state index in [4.69, 9.17) is 9.84 Å². The van der Waals surface area contributed by atoms with Gasteiger partial charge in [0.25, 0.3) is 0 Å². The lowest BCUT2D eigenvalue weighted by Gasteiger charge is -2.18. The highest BCUT2D eigenvalue weighted by Gasteiger charge is 2.11. The summed E-state index contributed by atoms with van der Waals surface area (Å²) in [6.07, 6.45) is 8.22. The zero-order chi connectivity index (χ0) is 13.7. The molecule has 0 fully saturated rings. The third kappa shape index (κ3) is 4.12. The molecule has 1 aromatic carbocycles. The van der Waals surface area contributed by atoms with Crippen molar-refractivity contribution in [3.8, 4) is 5.75 Å². The number of carboxylic acids is 1. The highest BCUT2D eigenvalue weighted by Crippen LogP contribution is 2.26. The number of ether oxygens (including phenoxy) is 1. The third-order valence-electron chi connectivity index (χ3n) is 3.39. The number of aliphatic carboxylic acids is 1. The smallest absolute Gasteiger partial charge is 0.327 e. The van der Waals surface area contributed by atoms with Crippen molar-refractivity contribution >= 4 is 5.97 Å². The molecule has 1 aliphatic carbocycles. The van der Waals surface area contributed by atoms with Crippen molar-refractivity contribution in [2.45, 2.75) is 45.1 Å². The number of benzene rings is 1. The van der Waals surface area contributed by atoms with Crippen LogP contribution in [0.5, 0.6) is 5.75 Å². The first-order valence-corrected chi connectivity index (χ1v) is 6.83. The predicted molar refractivity (Wildman–Crippen MR) is 74.6 cm³/mol. The zero-order valence-corrected chi connectivity index (χ0v) is 11.3. The minimum absolute atomic E-state index is 0.0164. The lowest BCUT2D eigenvalue weighted by Crippen LogP contribution is -2.11. The van der Waals surface area contributed by atoms with Gasteiger partial charge in [0.1, 0.15) is 5.75 Å². The van der Waals surface area contributed by atoms with Crippen LogP contribution in [0.4, 0.5) is 0 Å². The molecule has 0 spiro atoms. The van der Waals surface area contributed by atoms with Gasteiger partial charge < -0.3 is 9.84 Å². The number of carboxylic acid groups (broad SMARTS) is 1. The third-order valence-corrected chi connectivity index (χ3v) is 3.39. The number of hydrogen-bond donors (Lipinski definition) is 1. The van der Waals surface area contributed by atoms with Crippen LogP contribution in [0.2, 0.25) is 0 Å². The summed E-state index contributed by atoms with van der Waals surface area (Å²) in [5, 5.41) is 8.52. The van der Waals surface area contributed by atoms with Gasteiger partial charge >= 0.3 is 5.97 Å². The van der Waals surface area contributed by atoms with E-state index in [9.17, 15) is 4.79 Å². The number of fused-ring (bicyclic) bond motifs is 1. The normalized spacial score (nSPS) is 16.1. The topological polar surface area (TPSA) is 46.5 Å². The molecule has 0 saturated heterocycles. The standard InChI is InChI=1S/C16H20O3/c1-12(5-4-8-16(17)18)19-15-10-9-13-6-2-3-7-14(13)11-15/h4,8-12H,2-3,5-7H2,1H3,(H,17,18)/b8-4+. The fourth-order valence-corrected chi connectivity index (χ4v) is 2.42. The minimum Gasteiger partial charge on any atom is -0.490 e. The molecule has 0 radical (unpaired) electrons. The average Bonchev–Trinajstić information content (AvgIpc) is 2.38. The van der Waals surface area contributed by atoms with Gasteiger partial charge in [0.2, 0.25) is 0 Å². The van der Waals surface area contributed by atoms with Crippen molar-refractivity contribution in [3.63, 3.8) is 0 Å². The maximum Gasteiger partial charge on any atom is 0.327 e. The molecule has 0 amide bonds. The lowest BCUT2D eigenvalue weighted by molar-refractivity contribution is -0.131. The Morgan fingerprint density at radius 1 is 1.37 bits per heavy atom. The number of aryl methyl sites for hydroxylation is 2. The van der Waals surface area contributed by atoms with E-state index in [-0.39, 0.29) is 6.10 Å². The van der Waals surface area contributed by atoms with Crippen LogP contribution >= 0.6 is 0 Å². The Morgan fingerprint density at radius 3 is 2.84 bits per heavy atom. The summed E-state index contributed by atoms with van der Waals surface area (Å²) in [5.74, 6) is -0.0298. The van der Waals surface area contributed by atoms with Crippen LogP contribution in [-0.4, -0.2) is 17.2 Å². The monoisotopic (exact) mass is 260 g/mol. The van der Waals surface area contributed by atoms with Gasteiger partial charge in [-0.25, -0.2) is 4.79 Å². The van der Waals surface area contributed by atoms with Crippen LogP contribution in [0.25, 0.3) is 0 Å². The van der Waals surface area contributed by atoms with Gasteiger partial charge in [-0.2, -0.15) is 0 Å². The largest absolute Gasteiger partial charge is 0.490 e. The Hall–Kier alpha value is -1.77. The maximum absolute atomic E-state index is 10.4. The summed E-state index contributed by atoms with van der Waals surface area (Å²) >= 11 is 0. The predicted octanol–water partition coefficient (Wildman–Crippen LogP) is 3.36. The quantitative estimate of drug-likeness (QED) is 0.826. The molecule has 1 aliphatic rings. The molecule has 1 aromatic rings. The molecule has 0 aromatic heterocycles. The zero-order valence-electron chi connectivity index (χ0n) is 11.3. The second-order valence-electron chi connectivity index (χ2n) is 5.04. The molecule has 102 valence electrons. The molecule has 1 unspecified atom stereocenters. The Kier molecular flexibility index (Phi) is 4.61. The maximum atomic E-state index is 10.4. The van der Waals surface area contributed by atoms with E-state index in [0.29, 0.717) is 6.42 Å². The Morgan fingerprint density at radius 2 is 2.11 bits per heavy atom. The van der Waals surface area contributed by atoms with Crippen molar-refractivity contribution in [1.82, 2.24) is 0 Å². The molecule has 0 aliphatic heterocycles. The van der Waals surface area contributed by atoms with E-state index in [1.807, 2.05) is 13.0 Å². The SMILES string of the molecule is CC(C/C=C/C(=O)O)Oc1ccc2c(c1)CCCC2. The second-order valence-corrected chi connectivity index (χ2v) is 5.04. The summed E-state index contributed by atoms with van der Waals surface area (Å²) in [5.41, 5.74) is 2.84. The fourth-order valence-electron chi connectivity index (χ4n) is 2.42. The van der Waals surface area contributed by atoms with Gasteiger partial charge in [0, 0.05) is 12.5 Å². The second kappa shape index (κ2) is 6.41.